The molecule has 0 amide bonds. The zero-order valence-electron chi connectivity index (χ0n) is 11.9. The molecule has 0 unspecified atom stereocenters. The van der Waals surface area contributed by atoms with E-state index in [9.17, 15) is 14.5 Å². The third kappa shape index (κ3) is 4.56. The van der Waals surface area contributed by atoms with Gasteiger partial charge in [0.05, 0.1) is 4.92 Å². The van der Waals surface area contributed by atoms with Crippen molar-refractivity contribution in [2.75, 3.05) is 10.6 Å². The van der Waals surface area contributed by atoms with E-state index in [4.69, 9.17) is 16.9 Å². The van der Waals surface area contributed by atoms with Crippen LogP contribution in [0.4, 0.5) is 21.5 Å². The van der Waals surface area contributed by atoms with Gasteiger partial charge in [0.2, 0.25) is 0 Å². The van der Waals surface area contributed by atoms with E-state index in [1.165, 1.54) is 36.4 Å². The third-order valence-electron chi connectivity index (χ3n) is 2.84. The maximum Gasteiger partial charge on any atom is 0.289 e. The number of allylic oxidation sites excluding steroid dienone is 1. The van der Waals surface area contributed by atoms with Crippen molar-refractivity contribution in [3.63, 3.8) is 0 Å². The Morgan fingerprint density at radius 2 is 1.79 bits per heavy atom. The first kappa shape index (κ1) is 18.0. The molecule has 2 rings (SSSR count). The van der Waals surface area contributed by atoms with Gasteiger partial charge < -0.3 is 10.6 Å². The number of nitrogens with zero attached hydrogens (tertiary/aromatic N) is 2. The van der Waals surface area contributed by atoms with Crippen LogP contribution in [-0.2, 0) is 0 Å². The third-order valence-corrected chi connectivity index (χ3v) is 3.94. The maximum absolute atomic E-state index is 13.0. The summed E-state index contributed by atoms with van der Waals surface area (Å²) >= 11 is 7.59. The van der Waals surface area contributed by atoms with Crippen LogP contribution in [0.5, 0.6) is 0 Å². The normalized spacial score (nSPS) is 11.2. The fourth-order valence-corrected chi connectivity index (χ4v) is 2.21. The first-order valence-corrected chi connectivity index (χ1v) is 7.90. The monoisotopic (exact) mass is 458 g/mol. The SMILES string of the molecule is N#C/C(I)=C(/Nc1ccc(F)cc1)Nc1ccc(Cl)c([N+](=O)[O-])c1. The number of anilines is 2. The largest absolute Gasteiger partial charge is 0.340 e. The fourth-order valence-electron chi connectivity index (χ4n) is 1.75. The van der Waals surface area contributed by atoms with E-state index in [1.54, 1.807) is 6.07 Å². The number of hydrogen-bond acceptors (Lipinski definition) is 5. The van der Waals surface area contributed by atoms with E-state index < -0.39 is 4.92 Å². The van der Waals surface area contributed by atoms with Crippen LogP contribution in [0.2, 0.25) is 5.02 Å². The minimum Gasteiger partial charge on any atom is -0.340 e. The van der Waals surface area contributed by atoms with Crippen LogP contribution in [0.3, 0.4) is 0 Å². The molecule has 122 valence electrons. The van der Waals surface area contributed by atoms with E-state index in [0.29, 0.717) is 17.2 Å². The smallest absolute Gasteiger partial charge is 0.289 e. The molecule has 6 nitrogen and oxygen atoms in total. The second-order valence-corrected chi connectivity index (χ2v) is 5.97. The highest BCUT2D eigenvalue weighted by molar-refractivity contribution is 14.1. The van der Waals surface area contributed by atoms with E-state index >= 15 is 0 Å². The molecule has 0 atom stereocenters. The maximum atomic E-state index is 13.0. The van der Waals surface area contributed by atoms with Crippen molar-refractivity contribution < 1.29 is 9.31 Å². The molecule has 0 spiro atoms. The lowest BCUT2D eigenvalue weighted by Crippen LogP contribution is -2.11. The summed E-state index contributed by atoms with van der Waals surface area (Å²) in [5, 5.41) is 25.9. The first-order valence-electron chi connectivity index (χ1n) is 6.44. The highest BCUT2D eigenvalue weighted by Gasteiger charge is 2.14. The summed E-state index contributed by atoms with van der Waals surface area (Å²) in [5.41, 5.74) is 0.668. The molecule has 0 aliphatic heterocycles. The van der Waals surface area contributed by atoms with Crippen LogP contribution in [0.25, 0.3) is 0 Å². The predicted octanol–water partition coefficient (Wildman–Crippen LogP) is 5.04. The average Bonchev–Trinajstić information content (AvgIpc) is 2.56. The minimum atomic E-state index is -0.598. The molecule has 2 aromatic carbocycles. The fraction of sp³-hybridized carbons (Fsp3) is 0. The quantitative estimate of drug-likeness (QED) is 0.283. The summed E-state index contributed by atoms with van der Waals surface area (Å²) in [6, 6.07) is 11.7. The second-order valence-electron chi connectivity index (χ2n) is 4.48. The average molecular weight is 459 g/mol. The Morgan fingerprint density at radius 1 is 1.21 bits per heavy atom. The Kier molecular flexibility index (Phi) is 5.94. The van der Waals surface area contributed by atoms with Crippen molar-refractivity contribution in [1.29, 1.82) is 5.26 Å². The van der Waals surface area contributed by atoms with Gasteiger partial charge in [-0.2, -0.15) is 5.26 Å². The number of benzene rings is 2. The summed E-state index contributed by atoms with van der Waals surface area (Å²) < 4.78 is 13.3. The van der Waals surface area contributed by atoms with E-state index in [1.807, 2.05) is 28.7 Å². The van der Waals surface area contributed by atoms with Gasteiger partial charge in [-0.3, -0.25) is 10.1 Å². The zero-order chi connectivity index (χ0) is 17.7. The van der Waals surface area contributed by atoms with E-state index in [2.05, 4.69) is 10.6 Å². The Bertz CT molecular complexity index is 850. The Labute approximate surface area is 155 Å². The number of hydrogen-bond donors (Lipinski definition) is 2. The molecule has 0 saturated heterocycles. The van der Waals surface area contributed by atoms with Gasteiger partial charge in [-0.05, 0) is 59.0 Å². The van der Waals surface area contributed by atoms with Crippen LogP contribution in [-0.4, -0.2) is 4.92 Å². The number of nitro groups is 1. The molecule has 24 heavy (non-hydrogen) atoms. The molecular weight excluding hydrogens is 450 g/mol. The van der Waals surface area contributed by atoms with E-state index in [-0.39, 0.29) is 20.1 Å². The van der Waals surface area contributed by atoms with Crippen molar-refractivity contribution >= 4 is 51.3 Å². The van der Waals surface area contributed by atoms with Gasteiger partial charge in [-0.1, -0.05) is 11.6 Å². The van der Waals surface area contributed by atoms with Gasteiger partial charge in [0, 0.05) is 17.4 Å². The van der Waals surface area contributed by atoms with Gasteiger partial charge in [-0.25, -0.2) is 4.39 Å². The van der Waals surface area contributed by atoms with Gasteiger partial charge in [0.25, 0.3) is 5.69 Å². The van der Waals surface area contributed by atoms with Crippen molar-refractivity contribution in [3.05, 3.63) is 72.8 Å². The van der Waals surface area contributed by atoms with Crippen molar-refractivity contribution in [1.82, 2.24) is 0 Å². The second kappa shape index (κ2) is 7.94. The topological polar surface area (TPSA) is 91.0 Å². The van der Waals surface area contributed by atoms with E-state index in [0.717, 1.165) is 0 Å². The Balaban J connectivity index is 2.31. The minimum absolute atomic E-state index is 0.0116. The highest BCUT2D eigenvalue weighted by atomic mass is 127. The summed E-state index contributed by atoms with van der Waals surface area (Å²) in [6.07, 6.45) is 0. The number of rotatable bonds is 5. The molecule has 0 radical (unpaired) electrons. The number of halogens is 3. The molecule has 0 aromatic heterocycles. The highest BCUT2D eigenvalue weighted by Crippen LogP contribution is 2.29. The molecule has 0 aliphatic rings. The lowest BCUT2D eigenvalue weighted by Gasteiger charge is -2.14. The predicted molar refractivity (Wildman–Crippen MR) is 98.4 cm³/mol. The lowest BCUT2D eigenvalue weighted by atomic mass is 10.2. The summed E-state index contributed by atoms with van der Waals surface area (Å²) in [6.45, 7) is 0. The molecule has 2 aromatic rings. The summed E-state index contributed by atoms with van der Waals surface area (Å²) in [5.74, 6) is -0.0799. The molecule has 0 heterocycles. The zero-order valence-corrected chi connectivity index (χ0v) is 14.8. The molecule has 0 bridgehead atoms. The van der Waals surface area contributed by atoms with Crippen LogP contribution < -0.4 is 10.6 Å². The number of nitrogens with one attached hydrogen (secondary N) is 2. The Hall–Kier alpha value is -2.38. The van der Waals surface area contributed by atoms with Crippen LogP contribution in [0, 0.1) is 27.3 Å². The van der Waals surface area contributed by atoms with Gasteiger partial charge >= 0.3 is 0 Å². The van der Waals surface area contributed by atoms with Gasteiger partial charge in [-0.15, -0.1) is 0 Å². The summed E-state index contributed by atoms with van der Waals surface area (Å²) in [4.78, 5) is 10.4. The molecule has 0 aliphatic carbocycles. The van der Waals surface area contributed by atoms with Crippen LogP contribution in [0.1, 0.15) is 0 Å². The van der Waals surface area contributed by atoms with Gasteiger partial charge in [0.1, 0.15) is 26.3 Å². The standard InChI is InChI=1S/C15H9ClFIN4O2/c16-12-6-5-11(7-14(12)22(23)24)21-15(13(18)8-19)20-10-3-1-9(17)2-4-10/h1-7,20-21H/b15-13+. The molecule has 2 N–H and O–H groups in total. The van der Waals surface area contributed by atoms with Gasteiger partial charge in [0.15, 0.2) is 0 Å². The number of nitriles is 1. The first-order chi connectivity index (χ1) is 11.4. The van der Waals surface area contributed by atoms with Crippen molar-refractivity contribution in [2.45, 2.75) is 0 Å². The van der Waals surface area contributed by atoms with Crippen molar-refractivity contribution in [3.8, 4) is 6.07 Å². The van der Waals surface area contributed by atoms with Crippen LogP contribution in [0.15, 0.2) is 51.9 Å². The lowest BCUT2D eigenvalue weighted by molar-refractivity contribution is -0.384. The molecule has 0 saturated carbocycles. The summed E-state index contributed by atoms with van der Waals surface area (Å²) in [7, 11) is 0. The van der Waals surface area contributed by atoms with Crippen molar-refractivity contribution in [2.24, 2.45) is 0 Å². The molecule has 9 heteroatoms. The van der Waals surface area contributed by atoms with Crippen LogP contribution >= 0.6 is 34.2 Å². The molecule has 0 fully saturated rings. The Morgan fingerprint density at radius 3 is 2.38 bits per heavy atom. The number of nitro benzene ring substituents is 1. The molecular formula is C15H9ClFIN4O2.